The largest absolute Gasteiger partial charge is 0.324 e. The number of nitrogens with two attached hydrogens (primary N) is 1. The third kappa shape index (κ3) is 3.27. The molecule has 0 aliphatic heterocycles. The van der Waals surface area contributed by atoms with Gasteiger partial charge in [0.1, 0.15) is 10.7 Å². The molecule has 0 saturated heterocycles. The molecule has 0 amide bonds. The number of primary sulfonamides is 1. The maximum absolute atomic E-state index is 11.2. The molecule has 2 aromatic heterocycles. The number of nitrogens with one attached hydrogen (secondary N) is 1. The van der Waals surface area contributed by atoms with Crippen LogP contribution in [0.3, 0.4) is 0 Å². The van der Waals surface area contributed by atoms with E-state index in [1.807, 2.05) is 5.38 Å². The van der Waals surface area contributed by atoms with E-state index in [9.17, 15) is 8.42 Å². The quantitative estimate of drug-likeness (QED) is 0.755. The summed E-state index contributed by atoms with van der Waals surface area (Å²) in [6.07, 6.45) is 3.34. The van der Waals surface area contributed by atoms with Gasteiger partial charge in [0.25, 0.3) is 0 Å². The number of nitrogens with zero attached hydrogens (tertiary/aromatic N) is 3. The number of benzene rings is 1. The van der Waals surface area contributed by atoms with Crippen LogP contribution in [-0.4, -0.2) is 23.4 Å². The van der Waals surface area contributed by atoms with Gasteiger partial charge in [-0.05, 0) is 30.3 Å². The van der Waals surface area contributed by atoms with Crippen LogP contribution in [0.4, 0.5) is 11.6 Å². The highest BCUT2D eigenvalue weighted by Crippen LogP contribution is 2.21. The summed E-state index contributed by atoms with van der Waals surface area (Å²) in [5.41, 5.74) is 1.37. The molecule has 3 N–H and O–H groups in total. The van der Waals surface area contributed by atoms with Crippen LogP contribution in [0.25, 0.3) is 10.7 Å². The lowest BCUT2D eigenvalue weighted by Crippen LogP contribution is -2.11. The molecule has 3 aromatic rings. The molecular formula is C13H11N5O2S2. The van der Waals surface area contributed by atoms with E-state index < -0.39 is 10.0 Å². The van der Waals surface area contributed by atoms with Crippen LogP contribution >= 0.6 is 11.3 Å². The highest BCUT2D eigenvalue weighted by molar-refractivity contribution is 7.89. The first-order valence-electron chi connectivity index (χ1n) is 6.15. The number of rotatable bonds is 4. The zero-order chi connectivity index (χ0) is 15.6. The Labute approximate surface area is 130 Å². The molecule has 0 saturated carbocycles. The predicted molar refractivity (Wildman–Crippen MR) is 84.2 cm³/mol. The van der Waals surface area contributed by atoms with E-state index >= 15 is 0 Å². The van der Waals surface area contributed by atoms with E-state index in [4.69, 9.17) is 5.14 Å². The van der Waals surface area contributed by atoms with E-state index in [-0.39, 0.29) is 4.90 Å². The Morgan fingerprint density at radius 1 is 1.05 bits per heavy atom. The van der Waals surface area contributed by atoms with Crippen molar-refractivity contribution < 1.29 is 8.42 Å². The molecule has 112 valence electrons. The first-order valence-corrected chi connectivity index (χ1v) is 8.58. The second-order valence-electron chi connectivity index (χ2n) is 4.30. The maximum Gasteiger partial charge on any atom is 0.238 e. The van der Waals surface area contributed by atoms with E-state index in [2.05, 4.69) is 20.3 Å². The standard InChI is InChI=1S/C13H11N5O2S2/c14-22(19,20)10-3-1-9(2-4-10)17-13-16-6-5-11(18-13)12-15-7-8-21-12/h1-8H,(H2,14,19,20)(H,16,17,18). The molecule has 0 fully saturated rings. The average molecular weight is 333 g/mol. The Hall–Kier alpha value is -2.36. The van der Waals surface area contributed by atoms with Gasteiger partial charge in [-0.15, -0.1) is 11.3 Å². The molecule has 7 nitrogen and oxygen atoms in total. The molecule has 9 heteroatoms. The fraction of sp³-hybridized carbons (Fsp3) is 0. The van der Waals surface area contributed by atoms with Crippen LogP contribution in [0.1, 0.15) is 0 Å². The van der Waals surface area contributed by atoms with E-state index in [1.54, 1.807) is 30.6 Å². The van der Waals surface area contributed by atoms with E-state index in [0.29, 0.717) is 17.3 Å². The molecule has 0 bridgehead atoms. The summed E-state index contributed by atoms with van der Waals surface area (Å²) in [5.74, 6) is 0.399. The summed E-state index contributed by atoms with van der Waals surface area (Å²) in [4.78, 5) is 12.7. The van der Waals surface area contributed by atoms with Gasteiger partial charge in [-0.3, -0.25) is 0 Å². The maximum atomic E-state index is 11.2. The fourth-order valence-corrected chi connectivity index (χ4v) is 2.87. The summed E-state index contributed by atoms with van der Waals surface area (Å²) in [6.45, 7) is 0. The smallest absolute Gasteiger partial charge is 0.238 e. The van der Waals surface area contributed by atoms with E-state index in [0.717, 1.165) is 5.01 Å². The van der Waals surface area contributed by atoms with Crippen molar-refractivity contribution in [2.45, 2.75) is 4.90 Å². The second-order valence-corrected chi connectivity index (χ2v) is 6.75. The van der Waals surface area contributed by atoms with Crippen molar-refractivity contribution in [1.82, 2.24) is 15.0 Å². The molecule has 0 aliphatic carbocycles. The third-order valence-corrected chi connectivity index (χ3v) is 4.47. The first kappa shape index (κ1) is 14.6. The minimum absolute atomic E-state index is 0.0514. The van der Waals surface area contributed by atoms with Crippen LogP contribution in [0, 0.1) is 0 Å². The Balaban J connectivity index is 1.83. The van der Waals surface area contributed by atoms with Crippen molar-refractivity contribution in [3.8, 4) is 10.7 Å². The van der Waals surface area contributed by atoms with Crippen LogP contribution in [0.5, 0.6) is 0 Å². The number of thiazole rings is 1. The molecular weight excluding hydrogens is 322 g/mol. The number of aromatic nitrogens is 3. The van der Waals surface area contributed by atoms with Gasteiger partial charge in [0, 0.05) is 23.5 Å². The normalized spacial score (nSPS) is 11.3. The SMILES string of the molecule is NS(=O)(=O)c1ccc(Nc2nccc(-c3nccs3)n2)cc1. The van der Waals surface area contributed by atoms with Gasteiger partial charge < -0.3 is 5.32 Å². The minimum Gasteiger partial charge on any atom is -0.324 e. The molecule has 2 heterocycles. The van der Waals surface area contributed by atoms with Gasteiger partial charge in [-0.25, -0.2) is 28.5 Å². The molecule has 0 atom stereocenters. The zero-order valence-electron chi connectivity index (χ0n) is 11.2. The lowest BCUT2D eigenvalue weighted by molar-refractivity contribution is 0.598. The Bertz CT molecular complexity index is 877. The van der Waals surface area contributed by atoms with Crippen LogP contribution in [0.15, 0.2) is 53.0 Å². The van der Waals surface area contributed by atoms with Gasteiger partial charge in [0.2, 0.25) is 16.0 Å². The summed E-state index contributed by atoms with van der Waals surface area (Å²) in [5, 5.41) is 10.7. The van der Waals surface area contributed by atoms with E-state index in [1.165, 1.54) is 23.5 Å². The second kappa shape index (κ2) is 5.79. The highest BCUT2D eigenvalue weighted by Gasteiger charge is 2.08. The van der Waals surface area contributed by atoms with Crippen molar-refractivity contribution >= 4 is 33.0 Å². The predicted octanol–water partition coefficient (Wildman–Crippen LogP) is 1.99. The first-order chi connectivity index (χ1) is 10.5. The van der Waals surface area contributed by atoms with Gasteiger partial charge in [0.15, 0.2) is 0 Å². The van der Waals surface area contributed by atoms with Gasteiger partial charge in [0.05, 0.1) is 4.90 Å². The zero-order valence-corrected chi connectivity index (χ0v) is 12.8. The number of sulfonamides is 1. The van der Waals surface area contributed by atoms with Crippen LogP contribution < -0.4 is 10.5 Å². The summed E-state index contributed by atoms with van der Waals surface area (Å²) in [7, 11) is -3.69. The molecule has 1 aromatic carbocycles. The lowest BCUT2D eigenvalue weighted by Gasteiger charge is -2.06. The van der Waals surface area contributed by atoms with Crippen molar-refractivity contribution in [1.29, 1.82) is 0 Å². The Morgan fingerprint density at radius 2 is 1.82 bits per heavy atom. The summed E-state index contributed by atoms with van der Waals surface area (Å²) < 4.78 is 22.4. The van der Waals surface area contributed by atoms with Crippen molar-refractivity contribution in [3.05, 3.63) is 48.1 Å². The molecule has 0 radical (unpaired) electrons. The molecule has 3 rings (SSSR count). The topological polar surface area (TPSA) is 111 Å². The van der Waals surface area contributed by atoms with Crippen LogP contribution in [-0.2, 0) is 10.0 Å². The number of hydrogen-bond acceptors (Lipinski definition) is 7. The number of hydrogen-bond donors (Lipinski definition) is 2. The monoisotopic (exact) mass is 333 g/mol. The Morgan fingerprint density at radius 3 is 2.45 bits per heavy atom. The summed E-state index contributed by atoms with van der Waals surface area (Å²) in [6, 6.07) is 7.80. The minimum atomic E-state index is -3.69. The summed E-state index contributed by atoms with van der Waals surface area (Å²) >= 11 is 1.49. The van der Waals surface area contributed by atoms with Gasteiger partial charge in [-0.1, -0.05) is 0 Å². The number of anilines is 2. The average Bonchev–Trinajstić information content (AvgIpc) is 3.01. The fourth-order valence-electron chi connectivity index (χ4n) is 1.75. The molecule has 0 unspecified atom stereocenters. The molecule has 22 heavy (non-hydrogen) atoms. The van der Waals surface area contributed by atoms with Gasteiger partial charge >= 0.3 is 0 Å². The van der Waals surface area contributed by atoms with Gasteiger partial charge in [-0.2, -0.15) is 0 Å². The third-order valence-electron chi connectivity index (χ3n) is 2.75. The van der Waals surface area contributed by atoms with Crippen LogP contribution in [0.2, 0.25) is 0 Å². The molecule has 0 aliphatic rings. The Kier molecular flexibility index (Phi) is 3.84. The molecule has 0 spiro atoms. The van der Waals surface area contributed by atoms with Crippen molar-refractivity contribution in [2.24, 2.45) is 5.14 Å². The lowest BCUT2D eigenvalue weighted by atomic mass is 10.3. The van der Waals surface area contributed by atoms with Crippen molar-refractivity contribution in [3.63, 3.8) is 0 Å². The highest BCUT2D eigenvalue weighted by atomic mass is 32.2. The van der Waals surface area contributed by atoms with Crippen molar-refractivity contribution in [2.75, 3.05) is 5.32 Å².